The summed E-state index contributed by atoms with van der Waals surface area (Å²) in [6.45, 7) is 10.5. The van der Waals surface area contributed by atoms with Crippen LogP contribution in [0.25, 0.3) is 0 Å². The second-order valence-electron chi connectivity index (χ2n) is 7.58. The van der Waals surface area contributed by atoms with Crippen molar-refractivity contribution in [1.82, 2.24) is 9.80 Å². The van der Waals surface area contributed by atoms with Gasteiger partial charge in [-0.15, -0.1) is 0 Å². The van der Waals surface area contributed by atoms with Crippen molar-refractivity contribution in [3.8, 4) is 0 Å². The van der Waals surface area contributed by atoms with Gasteiger partial charge in [-0.3, -0.25) is 9.69 Å². The number of rotatable bonds is 4. The summed E-state index contributed by atoms with van der Waals surface area (Å²) >= 11 is 0. The fourth-order valence-electron chi connectivity index (χ4n) is 3.13. The first-order valence-electron chi connectivity index (χ1n) is 7.34. The molecule has 0 aromatic heterocycles. The van der Waals surface area contributed by atoms with E-state index in [1.165, 1.54) is 9.80 Å². The summed E-state index contributed by atoms with van der Waals surface area (Å²) in [4.78, 5) is 28.6. The van der Waals surface area contributed by atoms with Crippen LogP contribution in [0.4, 0.5) is 4.79 Å². The Balaban J connectivity index is 3.49. The highest BCUT2D eigenvalue weighted by Crippen LogP contribution is 2.41. The maximum absolute atomic E-state index is 13.0. The van der Waals surface area contributed by atoms with Crippen molar-refractivity contribution in [3.05, 3.63) is 0 Å². The van der Waals surface area contributed by atoms with Crippen LogP contribution >= 0.6 is 0 Å². The lowest BCUT2D eigenvalue weighted by Gasteiger charge is -2.43. The van der Waals surface area contributed by atoms with E-state index in [-0.39, 0.29) is 38.0 Å². The monoisotopic (exact) mass is 300 g/mol. The van der Waals surface area contributed by atoms with Gasteiger partial charge in [0, 0.05) is 37.1 Å². The van der Waals surface area contributed by atoms with Crippen LogP contribution in [0.15, 0.2) is 0 Å². The van der Waals surface area contributed by atoms with Crippen molar-refractivity contribution in [3.63, 3.8) is 0 Å². The molecule has 1 aliphatic rings. The minimum absolute atomic E-state index is 0.127. The number of hydrogen-bond acceptors (Lipinski definition) is 4. The molecule has 122 valence electrons. The molecule has 0 unspecified atom stereocenters. The summed E-state index contributed by atoms with van der Waals surface area (Å²) in [5, 5.41) is 18.8. The van der Waals surface area contributed by atoms with Gasteiger partial charge < -0.3 is 15.1 Å². The zero-order valence-electron chi connectivity index (χ0n) is 13.9. The summed E-state index contributed by atoms with van der Waals surface area (Å²) < 4.78 is 0. The molecule has 1 heterocycles. The van der Waals surface area contributed by atoms with Crippen LogP contribution in [0, 0.1) is 0 Å². The standard InChI is InChI=1S/C15H28N2O4/c1-13(2,3)16-11(20)15(7-9-18,8-10-19)17(12(16)21)14(4,5)6/h18-19H,7-10H2,1-6H3. The number of aliphatic hydroxyl groups is 2. The molecular weight excluding hydrogens is 272 g/mol. The Morgan fingerprint density at radius 1 is 0.905 bits per heavy atom. The molecule has 0 aromatic carbocycles. The van der Waals surface area contributed by atoms with E-state index >= 15 is 0 Å². The molecule has 6 nitrogen and oxygen atoms in total. The fraction of sp³-hybridized carbons (Fsp3) is 0.867. The highest BCUT2D eigenvalue weighted by molar-refractivity contribution is 6.08. The maximum atomic E-state index is 13.0. The van der Waals surface area contributed by atoms with Crippen molar-refractivity contribution in [2.75, 3.05) is 13.2 Å². The number of nitrogens with zero attached hydrogens (tertiary/aromatic N) is 2. The quantitative estimate of drug-likeness (QED) is 0.768. The fourth-order valence-corrected chi connectivity index (χ4v) is 3.13. The molecule has 0 atom stereocenters. The van der Waals surface area contributed by atoms with Gasteiger partial charge in [0.2, 0.25) is 0 Å². The van der Waals surface area contributed by atoms with Crippen LogP contribution in [0.1, 0.15) is 54.4 Å². The molecule has 2 N–H and O–H groups in total. The molecule has 1 rings (SSSR count). The van der Waals surface area contributed by atoms with Crippen molar-refractivity contribution in [1.29, 1.82) is 0 Å². The summed E-state index contributed by atoms with van der Waals surface area (Å²) in [5.74, 6) is -0.335. The molecule has 0 spiro atoms. The van der Waals surface area contributed by atoms with Crippen LogP contribution in [-0.4, -0.2) is 61.8 Å². The van der Waals surface area contributed by atoms with Gasteiger partial charge in [-0.05, 0) is 41.5 Å². The molecule has 0 radical (unpaired) electrons. The van der Waals surface area contributed by atoms with Crippen molar-refractivity contribution in [2.45, 2.75) is 71.0 Å². The van der Waals surface area contributed by atoms with Crippen molar-refractivity contribution >= 4 is 11.9 Å². The van der Waals surface area contributed by atoms with Gasteiger partial charge in [-0.1, -0.05) is 0 Å². The first-order valence-corrected chi connectivity index (χ1v) is 7.34. The second-order valence-corrected chi connectivity index (χ2v) is 7.58. The molecule has 1 saturated heterocycles. The average Bonchev–Trinajstić information content (AvgIpc) is 2.46. The van der Waals surface area contributed by atoms with Gasteiger partial charge >= 0.3 is 6.03 Å². The average molecular weight is 300 g/mol. The van der Waals surface area contributed by atoms with E-state index < -0.39 is 16.6 Å². The first kappa shape index (κ1) is 17.9. The Hall–Kier alpha value is -1.14. The van der Waals surface area contributed by atoms with E-state index in [0.29, 0.717) is 0 Å². The van der Waals surface area contributed by atoms with E-state index in [1.807, 2.05) is 20.8 Å². The molecule has 0 aromatic rings. The molecule has 1 fully saturated rings. The third-order valence-corrected chi connectivity index (χ3v) is 3.80. The Bertz CT molecular complexity index is 414. The molecule has 21 heavy (non-hydrogen) atoms. The lowest BCUT2D eigenvalue weighted by atomic mass is 9.86. The highest BCUT2D eigenvalue weighted by atomic mass is 16.3. The molecule has 3 amide bonds. The Morgan fingerprint density at radius 2 is 1.33 bits per heavy atom. The highest BCUT2D eigenvalue weighted by Gasteiger charge is 2.61. The van der Waals surface area contributed by atoms with Crippen LogP contribution in [0.3, 0.4) is 0 Å². The predicted molar refractivity (Wildman–Crippen MR) is 79.7 cm³/mol. The minimum Gasteiger partial charge on any atom is -0.396 e. The van der Waals surface area contributed by atoms with Crippen molar-refractivity contribution in [2.24, 2.45) is 0 Å². The van der Waals surface area contributed by atoms with Crippen LogP contribution in [-0.2, 0) is 4.79 Å². The van der Waals surface area contributed by atoms with E-state index in [1.54, 1.807) is 20.8 Å². The van der Waals surface area contributed by atoms with Gasteiger partial charge in [-0.2, -0.15) is 0 Å². The molecule has 6 heteroatoms. The van der Waals surface area contributed by atoms with Gasteiger partial charge in [0.1, 0.15) is 5.54 Å². The number of carbonyl (C=O) groups is 2. The number of urea groups is 1. The molecule has 0 aliphatic carbocycles. The zero-order chi connectivity index (χ0) is 16.6. The zero-order valence-corrected chi connectivity index (χ0v) is 13.9. The van der Waals surface area contributed by atoms with E-state index in [2.05, 4.69) is 0 Å². The van der Waals surface area contributed by atoms with Gasteiger partial charge in [0.15, 0.2) is 0 Å². The van der Waals surface area contributed by atoms with Gasteiger partial charge in [0.25, 0.3) is 5.91 Å². The minimum atomic E-state index is -1.17. The first-order chi connectivity index (χ1) is 9.43. The van der Waals surface area contributed by atoms with Crippen LogP contribution in [0.5, 0.6) is 0 Å². The van der Waals surface area contributed by atoms with E-state index in [4.69, 9.17) is 0 Å². The number of hydrogen-bond donors (Lipinski definition) is 2. The smallest absolute Gasteiger partial charge is 0.328 e. The lowest BCUT2D eigenvalue weighted by molar-refractivity contribution is -0.139. The summed E-state index contributed by atoms with van der Waals surface area (Å²) in [6.07, 6.45) is 0.254. The van der Waals surface area contributed by atoms with Crippen molar-refractivity contribution < 1.29 is 19.8 Å². The summed E-state index contributed by atoms with van der Waals surface area (Å²) in [5.41, 5.74) is -2.41. The third kappa shape index (κ3) is 2.92. The number of carbonyl (C=O) groups excluding carboxylic acids is 2. The molecule has 0 bridgehead atoms. The van der Waals surface area contributed by atoms with Gasteiger partial charge in [-0.25, -0.2) is 4.79 Å². The summed E-state index contributed by atoms with van der Waals surface area (Å²) in [6, 6.07) is -0.359. The maximum Gasteiger partial charge on any atom is 0.328 e. The SMILES string of the molecule is CC(C)(C)N1C(=O)N(C(C)(C)C)C(CCO)(CCO)C1=O. The summed E-state index contributed by atoms with van der Waals surface area (Å²) in [7, 11) is 0. The Morgan fingerprint density at radius 3 is 1.62 bits per heavy atom. The largest absolute Gasteiger partial charge is 0.396 e. The van der Waals surface area contributed by atoms with Crippen LogP contribution in [0.2, 0.25) is 0 Å². The van der Waals surface area contributed by atoms with E-state index in [9.17, 15) is 19.8 Å². The van der Waals surface area contributed by atoms with E-state index in [0.717, 1.165) is 0 Å². The molecule has 0 saturated carbocycles. The molecular formula is C15H28N2O4. The number of imide groups is 1. The second kappa shape index (κ2) is 5.57. The predicted octanol–water partition coefficient (Wildman–Crippen LogP) is 1.35. The van der Waals surface area contributed by atoms with Gasteiger partial charge in [0.05, 0.1) is 0 Å². The lowest BCUT2D eigenvalue weighted by Crippen LogP contribution is -2.58. The third-order valence-electron chi connectivity index (χ3n) is 3.80. The molecule has 1 aliphatic heterocycles. The van der Waals surface area contributed by atoms with Crippen LogP contribution < -0.4 is 0 Å². The number of amides is 3. The Labute approximate surface area is 126 Å². The number of aliphatic hydroxyl groups excluding tert-OH is 2. The topological polar surface area (TPSA) is 81.1 Å². The normalized spacial score (nSPS) is 19.6. The Kier molecular flexibility index (Phi) is 4.75.